The molecule has 1 aromatic heterocycles. The summed E-state index contributed by atoms with van der Waals surface area (Å²) < 4.78 is 1.67. The molecule has 0 aliphatic heterocycles. The number of hydrogen-bond donors (Lipinski definition) is 1. The maximum Gasteiger partial charge on any atom is 0.187 e. The Morgan fingerprint density at radius 2 is 1.86 bits per heavy atom. The highest BCUT2D eigenvalue weighted by atomic mass is 35.5. The van der Waals surface area contributed by atoms with Gasteiger partial charge in [0, 0.05) is 16.3 Å². The van der Waals surface area contributed by atoms with E-state index in [1.54, 1.807) is 4.68 Å². The van der Waals surface area contributed by atoms with Crippen molar-refractivity contribution in [2.24, 2.45) is 0 Å². The minimum absolute atomic E-state index is 0.660. The largest absolute Gasteiger partial charge is 0.399 e. The number of anilines is 1. The second-order valence-electron chi connectivity index (χ2n) is 4.92. The first kappa shape index (κ1) is 13.6. The van der Waals surface area contributed by atoms with E-state index in [0.29, 0.717) is 16.5 Å². The van der Waals surface area contributed by atoms with Crippen molar-refractivity contribution in [3.8, 4) is 17.1 Å². The number of nitrogens with two attached hydrogens (primary N) is 1. The lowest BCUT2D eigenvalue weighted by Gasteiger charge is -2.08. The van der Waals surface area contributed by atoms with Gasteiger partial charge in [0.2, 0.25) is 0 Å². The van der Waals surface area contributed by atoms with Crippen LogP contribution in [0, 0.1) is 13.8 Å². The van der Waals surface area contributed by atoms with Crippen molar-refractivity contribution in [1.29, 1.82) is 0 Å². The van der Waals surface area contributed by atoms with Crippen LogP contribution in [0.1, 0.15) is 11.1 Å². The molecule has 0 radical (unpaired) electrons. The van der Waals surface area contributed by atoms with Crippen LogP contribution in [0.4, 0.5) is 5.69 Å². The van der Waals surface area contributed by atoms with Crippen LogP contribution in [-0.4, -0.2) is 20.2 Å². The van der Waals surface area contributed by atoms with E-state index in [9.17, 15) is 0 Å². The maximum absolute atomic E-state index is 6.18. The van der Waals surface area contributed by atoms with Gasteiger partial charge >= 0.3 is 0 Å². The normalized spacial score (nSPS) is 10.8. The van der Waals surface area contributed by atoms with Gasteiger partial charge in [0.15, 0.2) is 5.82 Å². The van der Waals surface area contributed by atoms with E-state index in [1.807, 2.05) is 50.2 Å². The molecule has 0 fully saturated rings. The molecule has 0 saturated carbocycles. The van der Waals surface area contributed by atoms with Gasteiger partial charge in [-0.15, -0.1) is 5.10 Å². The highest BCUT2D eigenvalue weighted by Gasteiger charge is 2.13. The quantitative estimate of drug-likeness (QED) is 0.738. The fourth-order valence-electron chi connectivity index (χ4n) is 2.18. The van der Waals surface area contributed by atoms with Crippen LogP contribution in [0.25, 0.3) is 17.1 Å². The Hall–Kier alpha value is -2.40. The van der Waals surface area contributed by atoms with Gasteiger partial charge in [-0.3, -0.25) is 0 Å². The predicted molar refractivity (Wildman–Crippen MR) is 83.5 cm³/mol. The first-order valence-electron chi connectivity index (χ1n) is 6.47. The van der Waals surface area contributed by atoms with E-state index in [2.05, 4.69) is 15.5 Å². The van der Waals surface area contributed by atoms with Crippen molar-refractivity contribution in [1.82, 2.24) is 20.2 Å². The molecule has 0 aliphatic rings. The average molecular weight is 300 g/mol. The number of benzene rings is 2. The molecule has 106 valence electrons. The Morgan fingerprint density at radius 3 is 2.57 bits per heavy atom. The lowest BCUT2D eigenvalue weighted by molar-refractivity contribution is 0.791. The van der Waals surface area contributed by atoms with Gasteiger partial charge in [-0.25, -0.2) is 0 Å². The third kappa shape index (κ3) is 2.48. The van der Waals surface area contributed by atoms with Crippen LogP contribution >= 0.6 is 11.6 Å². The van der Waals surface area contributed by atoms with Crippen molar-refractivity contribution in [3.05, 3.63) is 52.5 Å². The number of halogens is 1. The number of nitrogen functional groups attached to an aromatic ring is 1. The molecule has 0 saturated heterocycles. The lowest BCUT2D eigenvalue weighted by atomic mass is 10.1. The molecule has 0 spiro atoms. The zero-order valence-electron chi connectivity index (χ0n) is 11.7. The van der Waals surface area contributed by atoms with Crippen LogP contribution in [0.5, 0.6) is 0 Å². The molecule has 3 aromatic rings. The van der Waals surface area contributed by atoms with Gasteiger partial charge in [-0.2, -0.15) is 4.68 Å². The van der Waals surface area contributed by atoms with E-state index in [0.717, 1.165) is 22.4 Å². The number of hydrogen-bond acceptors (Lipinski definition) is 4. The number of rotatable bonds is 2. The van der Waals surface area contributed by atoms with E-state index in [1.165, 1.54) is 0 Å². The van der Waals surface area contributed by atoms with Gasteiger partial charge < -0.3 is 5.73 Å². The minimum Gasteiger partial charge on any atom is -0.399 e. The number of tetrazole rings is 1. The van der Waals surface area contributed by atoms with E-state index in [-0.39, 0.29) is 0 Å². The van der Waals surface area contributed by atoms with Crippen molar-refractivity contribution < 1.29 is 0 Å². The summed E-state index contributed by atoms with van der Waals surface area (Å²) in [6, 6.07) is 11.4. The third-order valence-corrected chi connectivity index (χ3v) is 3.77. The summed E-state index contributed by atoms with van der Waals surface area (Å²) in [4.78, 5) is 0. The molecular formula is C15H14ClN5. The lowest BCUT2D eigenvalue weighted by Crippen LogP contribution is -2.01. The molecule has 3 rings (SSSR count). The molecule has 0 atom stereocenters. The van der Waals surface area contributed by atoms with Gasteiger partial charge in [0.1, 0.15) is 0 Å². The van der Waals surface area contributed by atoms with Crippen molar-refractivity contribution >= 4 is 17.3 Å². The van der Waals surface area contributed by atoms with E-state index < -0.39 is 0 Å². The Balaban J connectivity index is 2.14. The summed E-state index contributed by atoms with van der Waals surface area (Å²) in [5.41, 5.74) is 10.3. The molecule has 21 heavy (non-hydrogen) atoms. The molecule has 0 bridgehead atoms. The van der Waals surface area contributed by atoms with E-state index in [4.69, 9.17) is 17.3 Å². The second kappa shape index (κ2) is 5.18. The van der Waals surface area contributed by atoms with Gasteiger partial charge in [-0.1, -0.05) is 17.7 Å². The summed E-state index contributed by atoms with van der Waals surface area (Å²) in [6.45, 7) is 3.93. The van der Waals surface area contributed by atoms with Crippen LogP contribution in [-0.2, 0) is 0 Å². The van der Waals surface area contributed by atoms with Gasteiger partial charge in [-0.05, 0) is 65.7 Å². The van der Waals surface area contributed by atoms with Crippen LogP contribution in [0.3, 0.4) is 0 Å². The standard InChI is InChI=1S/C15H14ClN5/c1-9-3-5-12(8-14(9)16)21-15(18-19-20-21)13-6-4-11(17)7-10(13)2/h3-8H,17H2,1-2H3. The Morgan fingerprint density at radius 1 is 1.05 bits per heavy atom. The molecule has 2 aromatic carbocycles. The fourth-order valence-corrected chi connectivity index (χ4v) is 2.36. The SMILES string of the molecule is Cc1ccc(-n2nnnc2-c2ccc(N)cc2C)cc1Cl. The zero-order valence-corrected chi connectivity index (χ0v) is 12.5. The molecule has 6 heteroatoms. The topological polar surface area (TPSA) is 69.6 Å². The highest BCUT2D eigenvalue weighted by molar-refractivity contribution is 6.31. The smallest absolute Gasteiger partial charge is 0.187 e. The fraction of sp³-hybridized carbons (Fsp3) is 0.133. The first-order valence-corrected chi connectivity index (χ1v) is 6.85. The Labute approximate surface area is 127 Å². The summed E-state index contributed by atoms with van der Waals surface area (Å²) in [6.07, 6.45) is 0. The van der Waals surface area contributed by atoms with Crippen molar-refractivity contribution in [3.63, 3.8) is 0 Å². The number of aryl methyl sites for hydroxylation is 2. The number of aromatic nitrogens is 4. The molecule has 2 N–H and O–H groups in total. The van der Waals surface area contributed by atoms with Crippen molar-refractivity contribution in [2.75, 3.05) is 5.73 Å². The highest BCUT2D eigenvalue weighted by Crippen LogP contribution is 2.26. The van der Waals surface area contributed by atoms with Crippen molar-refractivity contribution in [2.45, 2.75) is 13.8 Å². The Kier molecular flexibility index (Phi) is 3.35. The summed E-state index contributed by atoms with van der Waals surface area (Å²) in [5, 5.41) is 12.6. The molecule has 0 unspecified atom stereocenters. The monoisotopic (exact) mass is 299 g/mol. The second-order valence-corrected chi connectivity index (χ2v) is 5.33. The van der Waals surface area contributed by atoms with Gasteiger partial charge in [0.05, 0.1) is 5.69 Å². The van der Waals surface area contributed by atoms with Gasteiger partial charge in [0.25, 0.3) is 0 Å². The molecule has 1 heterocycles. The van der Waals surface area contributed by atoms with Crippen LogP contribution in [0.15, 0.2) is 36.4 Å². The first-order chi connectivity index (χ1) is 10.1. The molecule has 5 nitrogen and oxygen atoms in total. The molecule has 0 aliphatic carbocycles. The number of nitrogens with zero attached hydrogens (tertiary/aromatic N) is 4. The summed E-state index contributed by atoms with van der Waals surface area (Å²) >= 11 is 6.18. The molecule has 0 amide bonds. The summed E-state index contributed by atoms with van der Waals surface area (Å²) in [5.74, 6) is 0.660. The maximum atomic E-state index is 6.18. The third-order valence-electron chi connectivity index (χ3n) is 3.36. The summed E-state index contributed by atoms with van der Waals surface area (Å²) in [7, 11) is 0. The van der Waals surface area contributed by atoms with Crippen LogP contribution < -0.4 is 5.73 Å². The minimum atomic E-state index is 0.660. The Bertz CT molecular complexity index is 810. The van der Waals surface area contributed by atoms with Crippen LogP contribution in [0.2, 0.25) is 5.02 Å². The van der Waals surface area contributed by atoms with E-state index >= 15 is 0 Å². The predicted octanol–water partition coefficient (Wildman–Crippen LogP) is 3.18. The average Bonchev–Trinajstić information content (AvgIpc) is 2.91. The molecular weight excluding hydrogens is 286 g/mol. The zero-order chi connectivity index (χ0) is 15.0.